The van der Waals surface area contributed by atoms with E-state index in [0.717, 1.165) is 5.56 Å². The van der Waals surface area contributed by atoms with Crippen LogP contribution in [0.2, 0.25) is 0 Å². The van der Waals surface area contributed by atoms with Gasteiger partial charge in [0.05, 0.1) is 11.3 Å². The summed E-state index contributed by atoms with van der Waals surface area (Å²) < 4.78 is 0. The molecule has 0 spiro atoms. The smallest absolute Gasteiger partial charge is 0.312 e. The minimum absolute atomic E-state index is 0.463. The molecule has 0 saturated carbocycles. The van der Waals surface area contributed by atoms with Gasteiger partial charge in [-0.15, -0.1) is 0 Å². The van der Waals surface area contributed by atoms with Gasteiger partial charge in [-0.2, -0.15) is 0 Å². The zero-order valence-electron chi connectivity index (χ0n) is 10.1. The molecule has 19 heavy (non-hydrogen) atoms. The Hall–Kier alpha value is -1.94. The maximum absolute atomic E-state index is 11.8. The largest absolute Gasteiger partial charge is 0.365 e. The van der Waals surface area contributed by atoms with E-state index in [9.17, 15) is 4.79 Å². The van der Waals surface area contributed by atoms with E-state index in [-0.39, 0.29) is 0 Å². The number of oxime groups is 1. The molecule has 4 heteroatoms. The third kappa shape index (κ3) is 3.76. The van der Waals surface area contributed by atoms with Gasteiger partial charge in [-0.1, -0.05) is 69.6 Å². The second-order valence-electron chi connectivity index (χ2n) is 3.78. The lowest BCUT2D eigenvalue weighted by Gasteiger charge is -2.02. The molecule has 0 atom stereocenters. The van der Waals surface area contributed by atoms with Crippen LogP contribution in [-0.4, -0.2) is 17.0 Å². The average molecular weight is 318 g/mol. The highest BCUT2D eigenvalue weighted by Crippen LogP contribution is 2.06. The summed E-state index contributed by atoms with van der Waals surface area (Å²) in [5.41, 5.74) is 2.07. The van der Waals surface area contributed by atoms with Crippen LogP contribution in [-0.2, 0) is 4.84 Å². The van der Waals surface area contributed by atoms with Crippen molar-refractivity contribution in [2.24, 2.45) is 5.16 Å². The van der Waals surface area contributed by atoms with Crippen LogP contribution < -0.4 is 0 Å². The first-order chi connectivity index (χ1) is 9.31. The zero-order valence-corrected chi connectivity index (χ0v) is 11.7. The van der Waals surface area contributed by atoms with E-state index in [1.165, 1.54) is 0 Å². The third-order valence-corrected chi connectivity index (χ3v) is 3.01. The summed E-state index contributed by atoms with van der Waals surface area (Å²) in [6.07, 6.45) is 0. The van der Waals surface area contributed by atoms with Crippen molar-refractivity contribution in [2.75, 3.05) is 5.33 Å². The van der Waals surface area contributed by atoms with Gasteiger partial charge in [0.25, 0.3) is 0 Å². The third-order valence-electron chi connectivity index (χ3n) is 2.48. The summed E-state index contributed by atoms with van der Waals surface area (Å²) in [6.45, 7) is 0. The highest BCUT2D eigenvalue weighted by molar-refractivity contribution is 9.09. The lowest BCUT2D eigenvalue weighted by molar-refractivity contribution is 0.0516. The van der Waals surface area contributed by atoms with E-state index in [0.29, 0.717) is 16.6 Å². The van der Waals surface area contributed by atoms with E-state index in [1.54, 1.807) is 24.3 Å². The van der Waals surface area contributed by atoms with E-state index in [2.05, 4.69) is 21.1 Å². The van der Waals surface area contributed by atoms with Gasteiger partial charge in [0.2, 0.25) is 0 Å². The Morgan fingerprint density at radius 3 is 2.00 bits per heavy atom. The molecule has 0 N–H and O–H groups in total. The van der Waals surface area contributed by atoms with E-state index < -0.39 is 5.97 Å². The molecule has 0 aliphatic rings. The Balaban J connectivity index is 2.11. The molecule has 0 radical (unpaired) electrons. The summed E-state index contributed by atoms with van der Waals surface area (Å²) in [4.78, 5) is 16.7. The number of rotatable bonds is 4. The van der Waals surface area contributed by atoms with Crippen molar-refractivity contribution in [2.45, 2.75) is 0 Å². The molecule has 2 rings (SSSR count). The van der Waals surface area contributed by atoms with Crippen LogP contribution in [0, 0.1) is 0 Å². The van der Waals surface area contributed by atoms with Gasteiger partial charge in [0.15, 0.2) is 0 Å². The highest BCUT2D eigenvalue weighted by atomic mass is 79.9. The first-order valence-corrected chi connectivity index (χ1v) is 6.88. The number of halogens is 1. The summed E-state index contributed by atoms with van der Waals surface area (Å²) in [7, 11) is 0. The fraction of sp³-hybridized carbons (Fsp3) is 0.0667. The van der Waals surface area contributed by atoms with Crippen LogP contribution >= 0.6 is 15.9 Å². The monoisotopic (exact) mass is 317 g/mol. The minimum atomic E-state index is -0.463. The Kier molecular flexibility index (Phi) is 4.86. The molecule has 0 aromatic heterocycles. The van der Waals surface area contributed by atoms with Crippen LogP contribution in [0.5, 0.6) is 0 Å². The second-order valence-corrected chi connectivity index (χ2v) is 4.34. The number of alkyl halides is 1. The SMILES string of the molecule is O=C(ON=C(CBr)c1ccccc1)c1ccccc1. The van der Waals surface area contributed by atoms with Crippen LogP contribution in [0.4, 0.5) is 0 Å². The molecule has 3 nitrogen and oxygen atoms in total. The maximum atomic E-state index is 11.8. The molecular formula is C15H12BrNO2. The maximum Gasteiger partial charge on any atom is 0.365 e. The molecule has 0 saturated heterocycles. The van der Waals surface area contributed by atoms with Crippen LogP contribution in [0.1, 0.15) is 15.9 Å². The fourth-order valence-electron chi connectivity index (χ4n) is 1.51. The van der Waals surface area contributed by atoms with Crippen molar-refractivity contribution >= 4 is 27.6 Å². The lowest BCUT2D eigenvalue weighted by atomic mass is 10.1. The average Bonchev–Trinajstić information content (AvgIpc) is 2.49. The number of carbonyl (C=O) groups excluding carboxylic acids is 1. The Bertz CT molecular complexity index is 567. The lowest BCUT2D eigenvalue weighted by Crippen LogP contribution is -2.07. The molecular weight excluding hydrogens is 306 g/mol. The zero-order chi connectivity index (χ0) is 13.5. The normalized spacial score (nSPS) is 11.1. The molecule has 0 aliphatic carbocycles. The quantitative estimate of drug-likeness (QED) is 0.374. The van der Waals surface area contributed by atoms with Crippen molar-refractivity contribution in [1.29, 1.82) is 0 Å². The van der Waals surface area contributed by atoms with Crippen LogP contribution in [0.3, 0.4) is 0 Å². The number of hydrogen-bond donors (Lipinski definition) is 0. The second kappa shape index (κ2) is 6.85. The molecule has 0 bridgehead atoms. The van der Waals surface area contributed by atoms with Crippen LogP contribution in [0.25, 0.3) is 0 Å². The van der Waals surface area contributed by atoms with Crippen molar-refractivity contribution in [1.82, 2.24) is 0 Å². The number of hydrogen-bond acceptors (Lipinski definition) is 3. The van der Waals surface area contributed by atoms with Crippen molar-refractivity contribution in [3.63, 3.8) is 0 Å². The number of carbonyl (C=O) groups is 1. The Morgan fingerprint density at radius 2 is 1.47 bits per heavy atom. The topological polar surface area (TPSA) is 38.7 Å². The molecule has 0 fully saturated rings. The standard InChI is InChI=1S/C15H12BrNO2/c16-11-14(12-7-3-1-4-8-12)17-19-15(18)13-9-5-2-6-10-13/h1-10H,11H2. The molecule has 0 heterocycles. The predicted octanol–water partition coefficient (Wildman–Crippen LogP) is 3.64. The summed E-state index contributed by atoms with van der Waals surface area (Å²) >= 11 is 3.34. The Labute approximate surface area is 120 Å². The summed E-state index contributed by atoms with van der Waals surface area (Å²) in [5, 5.41) is 4.42. The van der Waals surface area contributed by atoms with E-state index in [1.807, 2.05) is 36.4 Å². The molecule has 2 aromatic rings. The van der Waals surface area contributed by atoms with Gasteiger partial charge in [0, 0.05) is 10.9 Å². The molecule has 0 amide bonds. The van der Waals surface area contributed by atoms with Gasteiger partial charge >= 0.3 is 5.97 Å². The van der Waals surface area contributed by atoms with E-state index >= 15 is 0 Å². The molecule has 2 aromatic carbocycles. The van der Waals surface area contributed by atoms with Gasteiger partial charge in [-0.25, -0.2) is 4.79 Å². The fourth-order valence-corrected chi connectivity index (χ4v) is 1.93. The number of nitrogens with zero attached hydrogens (tertiary/aromatic N) is 1. The predicted molar refractivity (Wildman–Crippen MR) is 78.6 cm³/mol. The molecule has 96 valence electrons. The molecule has 0 aliphatic heterocycles. The van der Waals surface area contributed by atoms with Crippen molar-refractivity contribution in [3.05, 3.63) is 71.8 Å². The Morgan fingerprint density at radius 1 is 0.947 bits per heavy atom. The first-order valence-electron chi connectivity index (χ1n) is 5.76. The van der Waals surface area contributed by atoms with E-state index in [4.69, 9.17) is 4.84 Å². The van der Waals surface area contributed by atoms with Gasteiger partial charge < -0.3 is 4.84 Å². The van der Waals surface area contributed by atoms with Gasteiger partial charge in [-0.05, 0) is 12.1 Å². The summed E-state index contributed by atoms with van der Waals surface area (Å²) in [5.74, 6) is -0.463. The van der Waals surface area contributed by atoms with Crippen molar-refractivity contribution in [3.8, 4) is 0 Å². The van der Waals surface area contributed by atoms with Crippen LogP contribution in [0.15, 0.2) is 65.8 Å². The summed E-state index contributed by atoms with van der Waals surface area (Å²) in [6, 6.07) is 18.3. The minimum Gasteiger partial charge on any atom is -0.312 e. The number of benzene rings is 2. The van der Waals surface area contributed by atoms with Gasteiger partial charge in [-0.3, -0.25) is 0 Å². The van der Waals surface area contributed by atoms with Gasteiger partial charge in [0.1, 0.15) is 0 Å². The highest BCUT2D eigenvalue weighted by Gasteiger charge is 2.07. The first kappa shape index (κ1) is 13.5. The molecule has 0 unspecified atom stereocenters. The van der Waals surface area contributed by atoms with Crippen molar-refractivity contribution < 1.29 is 9.63 Å².